The van der Waals surface area contributed by atoms with Crippen LogP contribution >= 0.6 is 0 Å². The molecule has 0 aliphatic rings. The van der Waals surface area contributed by atoms with Gasteiger partial charge in [-0.2, -0.15) is 0 Å². The molecule has 5 nitrogen and oxygen atoms in total. The number of nitrogens with one attached hydrogen (secondary N) is 1. The monoisotopic (exact) mass is 287 g/mol. The van der Waals surface area contributed by atoms with Crippen LogP contribution in [0.25, 0.3) is 0 Å². The van der Waals surface area contributed by atoms with Crippen LogP contribution in [-0.2, 0) is 4.79 Å². The average molecular weight is 287 g/mol. The van der Waals surface area contributed by atoms with E-state index in [2.05, 4.69) is 0 Å². The van der Waals surface area contributed by atoms with E-state index in [-0.39, 0.29) is 18.6 Å². The van der Waals surface area contributed by atoms with E-state index in [0.29, 0.717) is 17.9 Å². The summed E-state index contributed by atoms with van der Waals surface area (Å²) in [6, 6.07) is 6.60. The summed E-state index contributed by atoms with van der Waals surface area (Å²) in [5.74, 6) is -0.543. The highest BCUT2D eigenvalue weighted by Crippen LogP contribution is 2.14. The molecule has 0 bridgehead atoms. The van der Waals surface area contributed by atoms with Gasteiger partial charge in [0, 0.05) is 18.2 Å². The minimum absolute atomic E-state index is 0.00235. The van der Waals surface area contributed by atoms with Gasteiger partial charge in [0.05, 0.1) is 6.42 Å². The van der Waals surface area contributed by atoms with Crippen LogP contribution in [0.5, 0.6) is 5.75 Å². The molecule has 2 N–H and O–H groups in total. The molecule has 0 fully saturated rings. The topological polar surface area (TPSA) is 87.5 Å². The fourth-order valence-electron chi connectivity index (χ4n) is 1.50. The average Bonchev–Trinajstić information content (AvgIpc) is 2.49. The summed E-state index contributed by atoms with van der Waals surface area (Å²) in [5, 5.41) is 15.3. The number of carboxylic acids is 1. The van der Waals surface area contributed by atoms with E-state index < -0.39 is 5.97 Å². The highest BCUT2D eigenvalue weighted by Gasteiger charge is 2.08. The Morgan fingerprint density at radius 3 is 2.43 bits per heavy atom. The Morgan fingerprint density at radius 1 is 1.10 bits per heavy atom. The third-order valence-electron chi connectivity index (χ3n) is 2.54. The van der Waals surface area contributed by atoms with Crippen LogP contribution < -0.4 is 4.74 Å². The van der Waals surface area contributed by atoms with E-state index in [4.69, 9.17) is 15.3 Å². The summed E-state index contributed by atoms with van der Waals surface area (Å²) in [6.45, 7) is 0.384. The summed E-state index contributed by atoms with van der Waals surface area (Å²) < 4.78 is 5.44. The molecule has 0 unspecified atom stereocenters. The van der Waals surface area contributed by atoms with Crippen LogP contribution in [0.15, 0.2) is 48.6 Å². The van der Waals surface area contributed by atoms with Gasteiger partial charge in [-0.1, -0.05) is 12.2 Å². The lowest BCUT2D eigenvalue weighted by Gasteiger charge is -2.04. The Hall–Kier alpha value is -2.69. The molecule has 5 heteroatoms. The van der Waals surface area contributed by atoms with E-state index in [9.17, 15) is 9.59 Å². The lowest BCUT2D eigenvalue weighted by molar-refractivity contribution is -0.136. The number of ketones is 1. The zero-order valence-electron chi connectivity index (χ0n) is 11.5. The van der Waals surface area contributed by atoms with Gasteiger partial charge in [-0.05, 0) is 36.4 Å². The molecule has 0 aliphatic heterocycles. The molecule has 1 aromatic rings. The molecule has 0 radical (unpaired) electrons. The number of benzene rings is 1. The minimum Gasteiger partial charge on any atom is -0.490 e. The van der Waals surface area contributed by atoms with Crippen molar-refractivity contribution >= 4 is 18.0 Å². The van der Waals surface area contributed by atoms with Gasteiger partial charge in [0.1, 0.15) is 12.4 Å². The number of allylic oxidation sites excluding steroid dienone is 3. The largest absolute Gasteiger partial charge is 0.490 e. The molecular weight excluding hydrogens is 270 g/mol. The highest BCUT2D eigenvalue weighted by atomic mass is 16.5. The Bertz CT molecular complexity index is 544. The molecule has 21 heavy (non-hydrogen) atoms. The van der Waals surface area contributed by atoms with Crippen molar-refractivity contribution in [3.8, 4) is 5.75 Å². The van der Waals surface area contributed by atoms with Gasteiger partial charge in [0.25, 0.3) is 0 Å². The van der Waals surface area contributed by atoms with Crippen molar-refractivity contribution in [1.82, 2.24) is 0 Å². The van der Waals surface area contributed by atoms with Gasteiger partial charge in [0.15, 0.2) is 5.78 Å². The standard InChI is InChI=1S/C16H17NO4/c17-11-3-1-2-4-12-21-14-7-5-13(6-8-14)15(18)9-10-16(19)20/h1-8,11,17H,9-10,12H2,(H,19,20)/b3-1-,4-2+,17-11?. The maximum atomic E-state index is 11.7. The number of Topliss-reactive ketones (excluding diaryl/α,β-unsaturated/α-hetero) is 1. The van der Waals surface area contributed by atoms with Crippen molar-refractivity contribution in [1.29, 1.82) is 5.41 Å². The normalized spacial score (nSPS) is 10.9. The van der Waals surface area contributed by atoms with Gasteiger partial charge < -0.3 is 15.3 Å². The fraction of sp³-hybridized carbons (Fsp3) is 0.188. The molecule has 1 rings (SSSR count). The molecule has 1 aromatic carbocycles. The number of hydrogen-bond donors (Lipinski definition) is 2. The molecule has 0 amide bonds. The second kappa shape index (κ2) is 9.25. The third kappa shape index (κ3) is 6.87. The summed E-state index contributed by atoms with van der Waals surface area (Å²) in [7, 11) is 0. The minimum atomic E-state index is -0.979. The van der Waals surface area contributed by atoms with Crippen LogP contribution in [-0.4, -0.2) is 29.7 Å². The number of aliphatic carboxylic acids is 1. The van der Waals surface area contributed by atoms with E-state index in [1.807, 2.05) is 0 Å². The molecule has 0 spiro atoms. The van der Waals surface area contributed by atoms with Gasteiger partial charge in [-0.15, -0.1) is 0 Å². The first-order chi connectivity index (χ1) is 10.1. The first kappa shape index (κ1) is 16.4. The van der Waals surface area contributed by atoms with Gasteiger partial charge in [-0.25, -0.2) is 0 Å². The van der Waals surface area contributed by atoms with E-state index in [1.54, 1.807) is 48.6 Å². The maximum absolute atomic E-state index is 11.7. The first-order valence-corrected chi connectivity index (χ1v) is 6.43. The van der Waals surface area contributed by atoms with Crippen LogP contribution in [0, 0.1) is 5.41 Å². The Balaban J connectivity index is 2.44. The molecular formula is C16H17NO4. The van der Waals surface area contributed by atoms with Crippen LogP contribution in [0.4, 0.5) is 0 Å². The van der Waals surface area contributed by atoms with Crippen molar-refractivity contribution in [2.75, 3.05) is 6.61 Å². The number of rotatable bonds is 9. The summed E-state index contributed by atoms with van der Waals surface area (Å²) in [4.78, 5) is 22.1. The molecule has 0 saturated heterocycles. The quantitative estimate of drug-likeness (QED) is 0.415. The number of carbonyl (C=O) groups excluding carboxylic acids is 1. The number of carbonyl (C=O) groups is 2. The van der Waals surface area contributed by atoms with Crippen molar-refractivity contribution in [3.63, 3.8) is 0 Å². The van der Waals surface area contributed by atoms with Crippen molar-refractivity contribution < 1.29 is 19.4 Å². The number of ether oxygens (including phenoxy) is 1. The Kier molecular flexibility index (Phi) is 7.21. The SMILES string of the molecule is N=C/C=C\C=C\COc1ccc(C(=O)CCC(=O)O)cc1. The second-order valence-corrected chi connectivity index (χ2v) is 4.13. The van der Waals surface area contributed by atoms with Crippen molar-refractivity contribution in [3.05, 3.63) is 54.1 Å². The van der Waals surface area contributed by atoms with E-state index in [0.717, 1.165) is 0 Å². The van der Waals surface area contributed by atoms with E-state index >= 15 is 0 Å². The first-order valence-electron chi connectivity index (χ1n) is 6.43. The van der Waals surface area contributed by atoms with Crippen molar-refractivity contribution in [2.24, 2.45) is 0 Å². The zero-order chi connectivity index (χ0) is 15.5. The molecule has 0 atom stereocenters. The van der Waals surface area contributed by atoms with Crippen LogP contribution in [0.3, 0.4) is 0 Å². The fourth-order valence-corrected chi connectivity index (χ4v) is 1.50. The molecule has 0 aliphatic carbocycles. The van der Waals surface area contributed by atoms with Gasteiger partial charge in [0.2, 0.25) is 0 Å². The molecule has 0 saturated carbocycles. The van der Waals surface area contributed by atoms with Crippen LogP contribution in [0.2, 0.25) is 0 Å². The Morgan fingerprint density at radius 2 is 1.81 bits per heavy atom. The maximum Gasteiger partial charge on any atom is 0.303 e. The van der Waals surface area contributed by atoms with Gasteiger partial charge in [-0.3, -0.25) is 9.59 Å². The molecule has 110 valence electrons. The predicted octanol–water partition coefficient (Wildman–Crippen LogP) is 2.87. The summed E-state index contributed by atoms with van der Waals surface area (Å²) in [5.41, 5.74) is 0.480. The summed E-state index contributed by atoms with van der Waals surface area (Å²) >= 11 is 0. The summed E-state index contributed by atoms with van der Waals surface area (Å²) in [6.07, 6.45) is 7.91. The zero-order valence-corrected chi connectivity index (χ0v) is 11.5. The molecule has 0 heterocycles. The third-order valence-corrected chi connectivity index (χ3v) is 2.54. The smallest absolute Gasteiger partial charge is 0.303 e. The number of carboxylic acid groups (broad SMARTS) is 1. The highest BCUT2D eigenvalue weighted by molar-refractivity contribution is 5.97. The van der Waals surface area contributed by atoms with Gasteiger partial charge >= 0.3 is 5.97 Å². The predicted molar refractivity (Wildman–Crippen MR) is 80.2 cm³/mol. The van der Waals surface area contributed by atoms with Crippen LogP contribution in [0.1, 0.15) is 23.2 Å². The van der Waals surface area contributed by atoms with Crippen molar-refractivity contribution in [2.45, 2.75) is 12.8 Å². The van der Waals surface area contributed by atoms with E-state index in [1.165, 1.54) is 6.21 Å². The second-order valence-electron chi connectivity index (χ2n) is 4.13. The lowest BCUT2D eigenvalue weighted by Crippen LogP contribution is -2.03. The molecule has 0 aromatic heterocycles. The lowest BCUT2D eigenvalue weighted by atomic mass is 10.1. The Labute approximate surface area is 123 Å². The number of hydrogen-bond acceptors (Lipinski definition) is 4.